The van der Waals surface area contributed by atoms with Gasteiger partial charge in [-0.1, -0.05) is 13.8 Å². The van der Waals surface area contributed by atoms with Crippen LogP contribution in [-0.4, -0.2) is 36.7 Å². The fourth-order valence-electron chi connectivity index (χ4n) is 1.58. The topological polar surface area (TPSA) is 75.6 Å². The fourth-order valence-corrected chi connectivity index (χ4v) is 1.58. The number of rotatable bonds is 8. The van der Waals surface area contributed by atoms with E-state index >= 15 is 0 Å². The molecule has 0 bridgehead atoms. The molecule has 0 spiro atoms. The summed E-state index contributed by atoms with van der Waals surface area (Å²) in [5.41, 5.74) is 0. The van der Waals surface area contributed by atoms with Crippen LogP contribution in [0.4, 0.5) is 0 Å². The fraction of sp³-hybridized carbons (Fsp3) is 0.833. The van der Waals surface area contributed by atoms with Crippen LogP contribution < -0.4 is 5.32 Å². The molecule has 0 saturated heterocycles. The predicted molar refractivity (Wildman–Crippen MR) is 64.3 cm³/mol. The van der Waals surface area contributed by atoms with E-state index in [9.17, 15) is 9.59 Å². The molecular weight excluding hydrogens is 222 g/mol. The zero-order valence-electron chi connectivity index (χ0n) is 10.9. The first-order valence-electron chi connectivity index (χ1n) is 6.11. The molecule has 0 rings (SSSR count). The van der Waals surface area contributed by atoms with E-state index in [0.717, 1.165) is 0 Å². The lowest BCUT2D eigenvalue weighted by atomic mass is 9.93. The second kappa shape index (κ2) is 8.98. The minimum absolute atomic E-state index is 0.0187. The number of amides is 1. The van der Waals surface area contributed by atoms with Crippen molar-refractivity contribution >= 4 is 11.9 Å². The Morgan fingerprint density at radius 2 is 2.00 bits per heavy atom. The average molecular weight is 245 g/mol. The standard InChI is InChI=1S/C12H23NO4/c1-4-10(12(16)17-7-6-14)8-9(3)11(15)13-5-2/h9-10,14H,4-8H2,1-3H3,(H,13,15). The highest BCUT2D eigenvalue weighted by Crippen LogP contribution is 2.17. The summed E-state index contributed by atoms with van der Waals surface area (Å²) < 4.78 is 4.86. The first-order chi connectivity index (χ1) is 8.06. The molecule has 2 unspecified atom stereocenters. The van der Waals surface area contributed by atoms with E-state index in [-0.39, 0.29) is 36.9 Å². The number of carbonyl (C=O) groups is 2. The van der Waals surface area contributed by atoms with Crippen LogP contribution in [0, 0.1) is 11.8 Å². The molecule has 1 amide bonds. The molecule has 0 aliphatic carbocycles. The summed E-state index contributed by atoms with van der Waals surface area (Å²) in [6.45, 7) is 5.98. The summed E-state index contributed by atoms with van der Waals surface area (Å²) >= 11 is 0. The van der Waals surface area contributed by atoms with Gasteiger partial charge >= 0.3 is 5.97 Å². The molecule has 0 aromatic carbocycles. The van der Waals surface area contributed by atoms with Gasteiger partial charge in [0.1, 0.15) is 6.61 Å². The summed E-state index contributed by atoms with van der Waals surface area (Å²) in [5, 5.41) is 11.3. The van der Waals surface area contributed by atoms with Crippen molar-refractivity contribution in [1.29, 1.82) is 0 Å². The summed E-state index contributed by atoms with van der Waals surface area (Å²) in [6.07, 6.45) is 1.11. The van der Waals surface area contributed by atoms with E-state index in [2.05, 4.69) is 5.32 Å². The predicted octanol–water partition coefficient (Wildman–Crippen LogP) is 0.710. The van der Waals surface area contributed by atoms with Crippen LogP contribution in [0.1, 0.15) is 33.6 Å². The zero-order chi connectivity index (χ0) is 13.3. The molecule has 5 nitrogen and oxygen atoms in total. The Bertz CT molecular complexity index is 243. The van der Waals surface area contributed by atoms with Gasteiger partial charge in [-0.3, -0.25) is 9.59 Å². The molecule has 0 fully saturated rings. The molecule has 0 aromatic heterocycles. The van der Waals surface area contributed by atoms with Crippen LogP contribution in [0.25, 0.3) is 0 Å². The van der Waals surface area contributed by atoms with Gasteiger partial charge in [-0.15, -0.1) is 0 Å². The number of esters is 1. The quantitative estimate of drug-likeness (QED) is 0.618. The van der Waals surface area contributed by atoms with Crippen LogP contribution in [0.15, 0.2) is 0 Å². The zero-order valence-corrected chi connectivity index (χ0v) is 10.9. The summed E-state index contributed by atoms with van der Waals surface area (Å²) in [4.78, 5) is 23.1. The van der Waals surface area contributed by atoms with Gasteiger partial charge in [0.05, 0.1) is 12.5 Å². The second-order valence-electron chi connectivity index (χ2n) is 4.03. The summed E-state index contributed by atoms with van der Waals surface area (Å²) in [6, 6.07) is 0. The third-order valence-corrected chi connectivity index (χ3v) is 2.60. The lowest BCUT2D eigenvalue weighted by Gasteiger charge is -2.17. The van der Waals surface area contributed by atoms with Gasteiger partial charge in [-0.05, 0) is 19.8 Å². The molecule has 0 aromatic rings. The van der Waals surface area contributed by atoms with Gasteiger partial charge in [-0.25, -0.2) is 0 Å². The molecule has 0 saturated carbocycles. The molecular formula is C12H23NO4. The van der Waals surface area contributed by atoms with E-state index in [1.54, 1.807) is 6.92 Å². The van der Waals surface area contributed by atoms with Crippen molar-refractivity contribution in [2.75, 3.05) is 19.8 Å². The molecule has 0 radical (unpaired) electrons. The SMILES string of the molecule is CCNC(=O)C(C)CC(CC)C(=O)OCCO. The molecule has 0 aliphatic heterocycles. The minimum Gasteiger partial charge on any atom is -0.463 e. The Labute approximate surface area is 103 Å². The molecule has 0 aliphatic rings. The van der Waals surface area contributed by atoms with Crippen molar-refractivity contribution in [3.63, 3.8) is 0 Å². The van der Waals surface area contributed by atoms with E-state index in [1.165, 1.54) is 0 Å². The molecule has 2 atom stereocenters. The summed E-state index contributed by atoms with van der Waals surface area (Å²) in [5.74, 6) is -0.862. The number of carbonyl (C=O) groups excluding carboxylic acids is 2. The molecule has 17 heavy (non-hydrogen) atoms. The summed E-state index contributed by atoms with van der Waals surface area (Å²) in [7, 11) is 0. The minimum atomic E-state index is -0.335. The maximum Gasteiger partial charge on any atom is 0.309 e. The third kappa shape index (κ3) is 6.26. The largest absolute Gasteiger partial charge is 0.463 e. The Balaban J connectivity index is 4.19. The van der Waals surface area contributed by atoms with Crippen LogP contribution in [0.2, 0.25) is 0 Å². The number of ether oxygens (including phenoxy) is 1. The van der Waals surface area contributed by atoms with Crippen LogP contribution in [0.3, 0.4) is 0 Å². The van der Waals surface area contributed by atoms with Gasteiger partial charge in [0.2, 0.25) is 5.91 Å². The van der Waals surface area contributed by atoms with Crippen molar-refractivity contribution in [2.45, 2.75) is 33.6 Å². The van der Waals surface area contributed by atoms with Gasteiger partial charge in [0.15, 0.2) is 0 Å². The maximum atomic E-state index is 11.6. The number of aliphatic hydroxyl groups excluding tert-OH is 1. The van der Waals surface area contributed by atoms with Crippen molar-refractivity contribution in [1.82, 2.24) is 5.32 Å². The van der Waals surface area contributed by atoms with Crippen LogP contribution in [-0.2, 0) is 14.3 Å². The van der Waals surface area contributed by atoms with Gasteiger partial charge in [0, 0.05) is 12.5 Å². The van der Waals surface area contributed by atoms with Crippen LogP contribution in [0.5, 0.6) is 0 Å². The van der Waals surface area contributed by atoms with E-state index in [1.807, 2.05) is 13.8 Å². The average Bonchev–Trinajstić information content (AvgIpc) is 2.32. The third-order valence-electron chi connectivity index (χ3n) is 2.60. The maximum absolute atomic E-state index is 11.6. The Morgan fingerprint density at radius 1 is 1.35 bits per heavy atom. The lowest BCUT2D eigenvalue weighted by Crippen LogP contribution is -2.31. The number of nitrogens with one attached hydrogen (secondary N) is 1. The van der Waals surface area contributed by atoms with Crippen molar-refractivity contribution in [3.8, 4) is 0 Å². The van der Waals surface area contributed by atoms with E-state index in [0.29, 0.717) is 19.4 Å². The smallest absolute Gasteiger partial charge is 0.309 e. The monoisotopic (exact) mass is 245 g/mol. The number of hydrogen-bond acceptors (Lipinski definition) is 4. The molecule has 100 valence electrons. The Morgan fingerprint density at radius 3 is 2.47 bits per heavy atom. The van der Waals surface area contributed by atoms with Gasteiger partial charge in [-0.2, -0.15) is 0 Å². The molecule has 0 heterocycles. The van der Waals surface area contributed by atoms with Crippen LogP contribution >= 0.6 is 0 Å². The first-order valence-corrected chi connectivity index (χ1v) is 6.11. The van der Waals surface area contributed by atoms with Crippen molar-refractivity contribution in [2.24, 2.45) is 11.8 Å². The Hall–Kier alpha value is -1.10. The lowest BCUT2D eigenvalue weighted by molar-refractivity contribution is -0.150. The first kappa shape index (κ1) is 15.9. The van der Waals surface area contributed by atoms with Gasteiger partial charge in [0.25, 0.3) is 0 Å². The van der Waals surface area contributed by atoms with E-state index in [4.69, 9.17) is 9.84 Å². The second-order valence-corrected chi connectivity index (χ2v) is 4.03. The Kier molecular flexibility index (Phi) is 8.40. The normalized spacial score (nSPS) is 13.9. The highest BCUT2D eigenvalue weighted by Gasteiger charge is 2.23. The molecule has 5 heteroatoms. The van der Waals surface area contributed by atoms with Crippen molar-refractivity contribution in [3.05, 3.63) is 0 Å². The van der Waals surface area contributed by atoms with Gasteiger partial charge < -0.3 is 15.2 Å². The number of aliphatic hydroxyl groups is 1. The number of hydrogen-bond donors (Lipinski definition) is 2. The highest BCUT2D eigenvalue weighted by atomic mass is 16.5. The highest BCUT2D eigenvalue weighted by molar-refractivity contribution is 5.79. The van der Waals surface area contributed by atoms with E-state index < -0.39 is 0 Å². The molecule has 2 N–H and O–H groups in total. The van der Waals surface area contributed by atoms with Crippen molar-refractivity contribution < 1.29 is 19.4 Å².